The van der Waals surface area contributed by atoms with E-state index in [2.05, 4.69) is 42.7 Å². The van der Waals surface area contributed by atoms with Crippen molar-refractivity contribution in [2.45, 2.75) is 58.9 Å². The molecule has 1 heterocycles. The molecular weight excluding hydrogens is 386 g/mol. The molecule has 4 rings (SSSR count). The van der Waals surface area contributed by atoms with E-state index in [1.54, 1.807) is 6.07 Å². The number of nitrogens with zero attached hydrogens (tertiary/aromatic N) is 1. The van der Waals surface area contributed by atoms with Crippen molar-refractivity contribution in [3.8, 4) is 0 Å². The van der Waals surface area contributed by atoms with Gasteiger partial charge in [0.1, 0.15) is 0 Å². The van der Waals surface area contributed by atoms with Crippen LogP contribution in [0.25, 0.3) is 10.9 Å². The number of Topliss-reactive ketones (excluding diaryl/α,β-unsaturated/α-hetero) is 1. The van der Waals surface area contributed by atoms with Crippen molar-refractivity contribution in [2.75, 3.05) is 7.11 Å². The highest BCUT2D eigenvalue weighted by Gasteiger charge is 2.33. The number of esters is 1. The minimum absolute atomic E-state index is 0.159. The third kappa shape index (κ3) is 4.16. The zero-order chi connectivity index (χ0) is 22.0. The number of ketones is 1. The number of hydrogen-bond donors (Lipinski definition) is 0. The van der Waals surface area contributed by atoms with Gasteiger partial charge < -0.3 is 9.30 Å². The normalized spacial score (nSPS) is 15.8. The summed E-state index contributed by atoms with van der Waals surface area (Å²) in [5, 5.41) is 0.758. The zero-order valence-electron chi connectivity index (χ0n) is 18.7. The fourth-order valence-corrected chi connectivity index (χ4v) is 5.02. The lowest BCUT2D eigenvalue weighted by atomic mass is 9.82. The standard InChI is InChI=1S/C27H31NO3/c1-4-5-6-10-19-15-23-26(24(29)16-19)25-21(27(30)31-3)12-8-13-22(25)28(23)17-20-11-7-9-18(2)14-20/h7-9,11-14,19H,4-6,10,15-17H2,1-3H3. The van der Waals surface area contributed by atoms with E-state index in [0.717, 1.165) is 41.4 Å². The SMILES string of the molecule is CCCCCC1CC(=O)c2c(n(Cc3cccc(C)c3)c3cccc(C(=O)OC)c23)C1. The first-order valence-corrected chi connectivity index (χ1v) is 11.3. The first-order valence-electron chi connectivity index (χ1n) is 11.3. The lowest BCUT2D eigenvalue weighted by molar-refractivity contribution is 0.0603. The summed E-state index contributed by atoms with van der Waals surface area (Å²) in [5.74, 6) is 0.139. The van der Waals surface area contributed by atoms with Gasteiger partial charge in [0, 0.05) is 29.6 Å². The van der Waals surface area contributed by atoms with Crippen LogP contribution in [0.5, 0.6) is 0 Å². The Morgan fingerprint density at radius 1 is 1.13 bits per heavy atom. The Bertz CT molecular complexity index is 1120. The molecule has 0 aliphatic heterocycles. The highest BCUT2D eigenvalue weighted by atomic mass is 16.5. The minimum Gasteiger partial charge on any atom is -0.465 e. The van der Waals surface area contributed by atoms with Gasteiger partial charge in [-0.1, -0.05) is 62.1 Å². The van der Waals surface area contributed by atoms with Crippen molar-refractivity contribution in [3.05, 3.63) is 70.4 Å². The Hall–Kier alpha value is -2.88. The first-order chi connectivity index (χ1) is 15.0. The average Bonchev–Trinajstić information content (AvgIpc) is 3.07. The largest absolute Gasteiger partial charge is 0.465 e. The molecule has 0 spiro atoms. The number of carbonyl (C=O) groups is 2. The Morgan fingerprint density at radius 3 is 2.68 bits per heavy atom. The Kier molecular flexibility index (Phi) is 6.26. The fraction of sp³-hybridized carbons (Fsp3) is 0.407. The number of benzene rings is 2. The van der Waals surface area contributed by atoms with Crippen LogP contribution in [0, 0.1) is 12.8 Å². The van der Waals surface area contributed by atoms with Crippen molar-refractivity contribution in [3.63, 3.8) is 0 Å². The number of carbonyl (C=O) groups excluding carboxylic acids is 2. The maximum absolute atomic E-state index is 13.4. The van der Waals surface area contributed by atoms with Crippen LogP contribution in [-0.4, -0.2) is 23.4 Å². The molecule has 1 aliphatic carbocycles. The van der Waals surface area contributed by atoms with Gasteiger partial charge in [0.05, 0.1) is 18.2 Å². The van der Waals surface area contributed by atoms with Crippen LogP contribution in [0.1, 0.15) is 76.6 Å². The van der Waals surface area contributed by atoms with Gasteiger partial charge in [-0.15, -0.1) is 0 Å². The monoisotopic (exact) mass is 417 g/mol. The van der Waals surface area contributed by atoms with Gasteiger partial charge in [0.25, 0.3) is 0 Å². The highest BCUT2D eigenvalue weighted by molar-refractivity contribution is 6.16. The number of rotatable bonds is 7. The Balaban J connectivity index is 1.86. The molecule has 0 fully saturated rings. The Labute approximate surface area is 184 Å². The quantitative estimate of drug-likeness (QED) is 0.344. The highest BCUT2D eigenvalue weighted by Crippen LogP contribution is 2.38. The summed E-state index contributed by atoms with van der Waals surface area (Å²) in [4.78, 5) is 25.9. The first kappa shape index (κ1) is 21.4. The molecule has 1 aromatic heterocycles. The molecule has 4 nitrogen and oxygen atoms in total. The number of ether oxygens (including phenoxy) is 1. The van der Waals surface area contributed by atoms with Crippen LogP contribution < -0.4 is 0 Å². The van der Waals surface area contributed by atoms with E-state index in [4.69, 9.17) is 4.74 Å². The number of fused-ring (bicyclic) bond motifs is 3. The summed E-state index contributed by atoms with van der Waals surface area (Å²) < 4.78 is 7.30. The Morgan fingerprint density at radius 2 is 1.94 bits per heavy atom. The van der Waals surface area contributed by atoms with Gasteiger partial charge in [-0.25, -0.2) is 4.79 Å². The van der Waals surface area contributed by atoms with Crippen molar-refractivity contribution in [2.24, 2.45) is 5.92 Å². The van der Waals surface area contributed by atoms with Gasteiger partial charge in [0.2, 0.25) is 0 Å². The molecule has 0 radical (unpaired) electrons. The summed E-state index contributed by atoms with van der Waals surface area (Å²) in [7, 11) is 1.39. The van der Waals surface area contributed by atoms with E-state index < -0.39 is 0 Å². The summed E-state index contributed by atoms with van der Waals surface area (Å²) in [5.41, 5.74) is 5.64. The number of aromatic nitrogens is 1. The average molecular weight is 418 g/mol. The molecule has 2 aromatic carbocycles. The van der Waals surface area contributed by atoms with Crippen LogP contribution in [0.4, 0.5) is 0 Å². The van der Waals surface area contributed by atoms with Gasteiger partial charge >= 0.3 is 5.97 Å². The molecule has 1 unspecified atom stereocenters. The fourth-order valence-electron chi connectivity index (χ4n) is 5.02. The van der Waals surface area contributed by atoms with E-state index in [9.17, 15) is 9.59 Å². The van der Waals surface area contributed by atoms with E-state index in [0.29, 0.717) is 24.4 Å². The molecular formula is C27H31NO3. The lowest BCUT2D eigenvalue weighted by Gasteiger charge is -2.24. The molecule has 0 bridgehead atoms. The number of unbranched alkanes of at least 4 members (excludes halogenated alkanes) is 2. The summed E-state index contributed by atoms with van der Waals surface area (Å²) in [6, 6.07) is 14.2. The van der Waals surface area contributed by atoms with E-state index in [-0.39, 0.29) is 11.8 Å². The molecule has 1 atom stereocenters. The van der Waals surface area contributed by atoms with Crippen LogP contribution in [0.15, 0.2) is 42.5 Å². The van der Waals surface area contributed by atoms with Crippen LogP contribution in [0.2, 0.25) is 0 Å². The van der Waals surface area contributed by atoms with Gasteiger partial charge in [-0.2, -0.15) is 0 Å². The summed E-state index contributed by atoms with van der Waals surface area (Å²) in [6.45, 7) is 4.99. The topological polar surface area (TPSA) is 48.3 Å². The van der Waals surface area contributed by atoms with Crippen molar-refractivity contribution in [1.29, 1.82) is 0 Å². The second-order valence-corrected chi connectivity index (χ2v) is 8.78. The zero-order valence-corrected chi connectivity index (χ0v) is 18.7. The van der Waals surface area contributed by atoms with Gasteiger partial charge in [0.15, 0.2) is 5.78 Å². The summed E-state index contributed by atoms with van der Waals surface area (Å²) >= 11 is 0. The maximum atomic E-state index is 13.4. The molecule has 4 heteroatoms. The van der Waals surface area contributed by atoms with Crippen molar-refractivity contribution >= 4 is 22.7 Å². The van der Waals surface area contributed by atoms with E-state index >= 15 is 0 Å². The summed E-state index contributed by atoms with van der Waals surface area (Å²) in [6.07, 6.45) is 6.07. The van der Waals surface area contributed by atoms with Gasteiger partial charge in [-0.3, -0.25) is 4.79 Å². The molecule has 1 aliphatic rings. The minimum atomic E-state index is -0.390. The second kappa shape index (κ2) is 9.09. The molecule has 0 saturated heterocycles. The molecule has 0 N–H and O–H groups in total. The van der Waals surface area contributed by atoms with Crippen LogP contribution in [0.3, 0.4) is 0 Å². The number of aryl methyl sites for hydroxylation is 1. The predicted molar refractivity (Wildman–Crippen MR) is 124 cm³/mol. The second-order valence-electron chi connectivity index (χ2n) is 8.78. The molecule has 0 amide bonds. The number of methoxy groups -OCH3 is 1. The van der Waals surface area contributed by atoms with Crippen molar-refractivity contribution < 1.29 is 14.3 Å². The smallest absolute Gasteiger partial charge is 0.338 e. The third-order valence-corrected chi connectivity index (χ3v) is 6.48. The maximum Gasteiger partial charge on any atom is 0.338 e. The van der Waals surface area contributed by atoms with Crippen LogP contribution in [-0.2, 0) is 17.7 Å². The molecule has 162 valence electrons. The molecule has 0 saturated carbocycles. The third-order valence-electron chi connectivity index (χ3n) is 6.48. The van der Waals surface area contributed by atoms with Crippen LogP contribution >= 0.6 is 0 Å². The van der Waals surface area contributed by atoms with Gasteiger partial charge in [-0.05, 0) is 43.4 Å². The van der Waals surface area contributed by atoms with E-state index in [1.807, 2.05) is 12.1 Å². The molecule has 31 heavy (non-hydrogen) atoms. The predicted octanol–water partition coefficient (Wildman–Crippen LogP) is 6.11. The van der Waals surface area contributed by atoms with E-state index in [1.165, 1.54) is 31.1 Å². The number of hydrogen-bond acceptors (Lipinski definition) is 3. The van der Waals surface area contributed by atoms with Crippen molar-refractivity contribution in [1.82, 2.24) is 4.57 Å². The lowest BCUT2D eigenvalue weighted by Crippen LogP contribution is -2.22. The molecule has 3 aromatic rings.